The van der Waals surface area contributed by atoms with E-state index in [1.807, 2.05) is 11.8 Å². The second-order valence-electron chi connectivity index (χ2n) is 5.89. The van der Waals surface area contributed by atoms with Gasteiger partial charge in [0.15, 0.2) is 0 Å². The number of nitrogens with zero attached hydrogens (tertiary/aromatic N) is 1. The SMILES string of the molecule is CC(C)CC1NC(=O)C(C)N(C2CC2C)C1=O. The van der Waals surface area contributed by atoms with Gasteiger partial charge < -0.3 is 10.2 Å². The minimum Gasteiger partial charge on any atom is -0.343 e. The maximum absolute atomic E-state index is 12.4. The van der Waals surface area contributed by atoms with Crippen LogP contribution >= 0.6 is 0 Å². The molecule has 0 bridgehead atoms. The van der Waals surface area contributed by atoms with Gasteiger partial charge >= 0.3 is 0 Å². The van der Waals surface area contributed by atoms with E-state index in [4.69, 9.17) is 0 Å². The standard InChI is InChI=1S/C13H22N2O2/c1-7(2)5-10-13(17)15(11-6-8(11)3)9(4)12(16)14-10/h7-11H,5-6H2,1-4H3,(H,14,16). The van der Waals surface area contributed by atoms with Gasteiger partial charge in [0.05, 0.1) is 0 Å². The van der Waals surface area contributed by atoms with E-state index in [9.17, 15) is 9.59 Å². The summed E-state index contributed by atoms with van der Waals surface area (Å²) in [6.45, 7) is 8.10. The molecule has 1 aliphatic carbocycles. The third-order valence-corrected chi connectivity index (χ3v) is 3.80. The van der Waals surface area contributed by atoms with E-state index in [0.717, 1.165) is 12.8 Å². The van der Waals surface area contributed by atoms with Crippen molar-refractivity contribution in [3.63, 3.8) is 0 Å². The Labute approximate surface area is 103 Å². The Morgan fingerprint density at radius 3 is 2.41 bits per heavy atom. The van der Waals surface area contributed by atoms with Crippen molar-refractivity contribution in [3.8, 4) is 0 Å². The summed E-state index contributed by atoms with van der Waals surface area (Å²) in [7, 11) is 0. The molecule has 0 aromatic rings. The van der Waals surface area contributed by atoms with Crippen LogP contribution in [0.3, 0.4) is 0 Å². The van der Waals surface area contributed by atoms with Crippen molar-refractivity contribution in [3.05, 3.63) is 0 Å². The van der Waals surface area contributed by atoms with Gasteiger partial charge in [0.1, 0.15) is 12.1 Å². The molecule has 2 amide bonds. The van der Waals surface area contributed by atoms with E-state index in [1.54, 1.807) is 0 Å². The largest absolute Gasteiger partial charge is 0.343 e. The van der Waals surface area contributed by atoms with Crippen molar-refractivity contribution in [2.45, 2.75) is 58.7 Å². The average Bonchev–Trinajstić information content (AvgIpc) is 2.91. The zero-order valence-corrected chi connectivity index (χ0v) is 11.1. The van der Waals surface area contributed by atoms with Crippen molar-refractivity contribution in [1.29, 1.82) is 0 Å². The van der Waals surface area contributed by atoms with E-state index >= 15 is 0 Å². The van der Waals surface area contributed by atoms with Crippen LogP contribution in [0, 0.1) is 11.8 Å². The van der Waals surface area contributed by atoms with Crippen LogP contribution in [-0.4, -0.2) is 34.8 Å². The van der Waals surface area contributed by atoms with Crippen molar-refractivity contribution in [2.75, 3.05) is 0 Å². The third kappa shape index (κ3) is 2.31. The Bertz CT molecular complexity index is 340. The van der Waals surface area contributed by atoms with Crippen LogP contribution in [0.5, 0.6) is 0 Å². The Balaban J connectivity index is 2.13. The molecule has 0 aromatic heterocycles. The van der Waals surface area contributed by atoms with Crippen molar-refractivity contribution >= 4 is 11.8 Å². The topological polar surface area (TPSA) is 49.4 Å². The van der Waals surface area contributed by atoms with Crippen molar-refractivity contribution in [2.24, 2.45) is 11.8 Å². The first-order valence-corrected chi connectivity index (χ1v) is 6.54. The van der Waals surface area contributed by atoms with E-state index in [0.29, 0.717) is 17.9 Å². The predicted octanol–water partition coefficient (Wildman–Crippen LogP) is 1.16. The predicted molar refractivity (Wildman–Crippen MR) is 65.3 cm³/mol. The lowest BCUT2D eigenvalue weighted by atomic mass is 9.98. The molecular weight excluding hydrogens is 216 g/mol. The van der Waals surface area contributed by atoms with Crippen LogP contribution in [0.4, 0.5) is 0 Å². The minimum absolute atomic E-state index is 0.00523. The highest BCUT2D eigenvalue weighted by molar-refractivity contribution is 5.97. The number of rotatable bonds is 3. The zero-order valence-electron chi connectivity index (χ0n) is 11.1. The summed E-state index contributed by atoms with van der Waals surface area (Å²) in [4.78, 5) is 26.0. The van der Waals surface area contributed by atoms with Gasteiger partial charge in [-0.05, 0) is 31.6 Å². The molecule has 4 unspecified atom stereocenters. The maximum atomic E-state index is 12.4. The Morgan fingerprint density at radius 2 is 1.94 bits per heavy atom. The third-order valence-electron chi connectivity index (χ3n) is 3.80. The molecule has 96 valence electrons. The van der Waals surface area contributed by atoms with Crippen LogP contribution in [-0.2, 0) is 9.59 Å². The van der Waals surface area contributed by atoms with Gasteiger partial charge in [-0.2, -0.15) is 0 Å². The highest BCUT2D eigenvalue weighted by atomic mass is 16.2. The fourth-order valence-electron chi connectivity index (χ4n) is 2.62. The quantitative estimate of drug-likeness (QED) is 0.802. The van der Waals surface area contributed by atoms with Crippen molar-refractivity contribution < 1.29 is 9.59 Å². The molecule has 1 heterocycles. The van der Waals surface area contributed by atoms with Gasteiger partial charge in [0.2, 0.25) is 11.8 Å². The molecular formula is C13H22N2O2. The summed E-state index contributed by atoms with van der Waals surface area (Å²) in [6, 6.07) is -0.328. The van der Waals surface area contributed by atoms with Gasteiger partial charge in [0, 0.05) is 6.04 Å². The smallest absolute Gasteiger partial charge is 0.246 e. The Kier molecular flexibility index (Phi) is 3.15. The van der Waals surface area contributed by atoms with Crippen LogP contribution in [0.15, 0.2) is 0 Å². The molecule has 0 aromatic carbocycles. The first-order chi connectivity index (χ1) is 7.91. The maximum Gasteiger partial charge on any atom is 0.246 e. The summed E-state index contributed by atoms with van der Waals surface area (Å²) in [6.07, 6.45) is 1.77. The lowest BCUT2D eigenvalue weighted by Gasteiger charge is -2.38. The molecule has 1 aliphatic heterocycles. The summed E-state index contributed by atoms with van der Waals surface area (Å²) < 4.78 is 0. The average molecular weight is 238 g/mol. The highest BCUT2D eigenvalue weighted by Gasteiger charge is 2.48. The summed E-state index contributed by atoms with van der Waals surface area (Å²) in [5, 5.41) is 2.84. The highest BCUT2D eigenvalue weighted by Crippen LogP contribution is 2.37. The molecule has 0 spiro atoms. The molecule has 17 heavy (non-hydrogen) atoms. The van der Waals surface area contributed by atoms with Crippen LogP contribution in [0.2, 0.25) is 0 Å². The number of amides is 2. The first kappa shape index (κ1) is 12.4. The van der Waals surface area contributed by atoms with Gasteiger partial charge in [-0.25, -0.2) is 0 Å². The second kappa shape index (κ2) is 4.31. The van der Waals surface area contributed by atoms with Gasteiger partial charge in [-0.1, -0.05) is 20.8 Å². The number of carbonyl (C=O) groups excluding carboxylic acids is 2. The summed E-state index contributed by atoms with van der Waals surface area (Å²) in [5.74, 6) is 1.07. The first-order valence-electron chi connectivity index (χ1n) is 6.54. The summed E-state index contributed by atoms with van der Waals surface area (Å²) >= 11 is 0. The Hall–Kier alpha value is -1.06. The molecule has 1 saturated carbocycles. The molecule has 0 radical (unpaired) electrons. The van der Waals surface area contributed by atoms with Gasteiger partial charge in [-0.3, -0.25) is 9.59 Å². The normalized spacial score (nSPS) is 37.4. The number of piperazine rings is 1. The van der Waals surface area contributed by atoms with Gasteiger partial charge in [0.25, 0.3) is 0 Å². The zero-order chi connectivity index (χ0) is 12.7. The lowest BCUT2D eigenvalue weighted by molar-refractivity contribution is -0.150. The van der Waals surface area contributed by atoms with E-state index in [2.05, 4.69) is 26.1 Å². The monoisotopic (exact) mass is 238 g/mol. The van der Waals surface area contributed by atoms with E-state index < -0.39 is 0 Å². The van der Waals surface area contributed by atoms with E-state index in [-0.39, 0.29) is 23.9 Å². The molecule has 4 nitrogen and oxygen atoms in total. The number of hydrogen-bond acceptors (Lipinski definition) is 2. The fourth-order valence-corrected chi connectivity index (χ4v) is 2.62. The number of hydrogen-bond donors (Lipinski definition) is 1. The number of nitrogens with one attached hydrogen (secondary N) is 1. The Morgan fingerprint density at radius 1 is 1.35 bits per heavy atom. The number of carbonyl (C=O) groups is 2. The molecule has 1 saturated heterocycles. The van der Waals surface area contributed by atoms with Crippen molar-refractivity contribution in [1.82, 2.24) is 10.2 Å². The summed E-state index contributed by atoms with van der Waals surface area (Å²) in [5.41, 5.74) is 0. The molecule has 2 fully saturated rings. The van der Waals surface area contributed by atoms with Gasteiger partial charge in [-0.15, -0.1) is 0 Å². The molecule has 4 heteroatoms. The molecule has 4 atom stereocenters. The van der Waals surface area contributed by atoms with E-state index in [1.165, 1.54) is 0 Å². The molecule has 2 aliphatic rings. The molecule has 1 N–H and O–H groups in total. The molecule has 2 rings (SSSR count). The van der Waals surface area contributed by atoms with Crippen LogP contribution in [0.1, 0.15) is 40.5 Å². The lowest BCUT2D eigenvalue weighted by Crippen LogP contribution is -2.63. The fraction of sp³-hybridized carbons (Fsp3) is 0.846. The van der Waals surface area contributed by atoms with Crippen LogP contribution < -0.4 is 5.32 Å². The minimum atomic E-state index is -0.313. The van der Waals surface area contributed by atoms with Crippen LogP contribution in [0.25, 0.3) is 0 Å². The second-order valence-corrected chi connectivity index (χ2v) is 5.89.